The second kappa shape index (κ2) is 10.2. The number of esters is 1. The van der Waals surface area contributed by atoms with Gasteiger partial charge in [0.2, 0.25) is 6.29 Å². The summed E-state index contributed by atoms with van der Waals surface area (Å²) in [5.74, 6) is -0.237. The van der Waals surface area contributed by atoms with Crippen molar-refractivity contribution in [3.63, 3.8) is 0 Å². The lowest BCUT2D eigenvalue weighted by Gasteiger charge is -2.12. The van der Waals surface area contributed by atoms with Crippen LogP contribution in [0.3, 0.4) is 0 Å². The molecule has 0 aliphatic carbocycles. The van der Waals surface area contributed by atoms with Gasteiger partial charge in [0.05, 0.1) is 0 Å². The number of ketones is 1. The molecule has 1 unspecified atom stereocenters. The summed E-state index contributed by atoms with van der Waals surface area (Å²) in [6, 6.07) is 0. The number of unbranched alkanes of at least 4 members (excludes halogenated alkanes) is 4. The molecule has 1 atom stereocenters. The van der Waals surface area contributed by atoms with Gasteiger partial charge in [-0.2, -0.15) is 4.89 Å². The number of Topliss-reactive ketones (excluding diaryl/α,β-unsaturated/α-hetero) is 1. The third-order valence-corrected chi connectivity index (χ3v) is 2.38. The zero-order valence-electron chi connectivity index (χ0n) is 10.6. The molecule has 5 nitrogen and oxygen atoms in total. The third-order valence-electron chi connectivity index (χ3n) is 2.38. The molecule has 0 aromatic heterocycles. The first-order valence-corrected chi connectivity index (χ1v) is 6.03. The van der Waals surface area contributed by atoms with Gasteiger partial charge in [0.15, 0.2) is 0 Å². The van der Waals surface area contributed by atoms with E-state index in [0.717, 1.165) is 32.1 Å². The molecular formula is C12H22O5. The predicted octanol–water partition coefficient (Wildman–Crippen LogP) is 2.68. The van der Waals surface area contributed by atoms with E-state index < -0.39 is 12.3 Å². The van der Waals surface area contributed by atoms with Crippen molar-refractivity contribution in [1.82, 2.24) is 0 Å². The van der Waals surface area contributed by atoms with E-state index in [-0.39, 0.29) is 5.78 Å². The maximum Gasteiger partial charge on any atom is 0.305 e. The monoisotopic (exact) mass is 246 g/mol. The Kier molecular flexibility index (Phi) is 9.66. The van der Waals surface area contributed by atoms with Crippen molar-refractivity contribution in [2.75, 3.05) is 0 Å². The van der Waals surface area contributed by atoms with E-state index >= 15 is 0 Å². The summed E-state index contributed by atoms with van der Waals surface area (Å²) < 4.78 is 4.70. The minimum absolute atomic E-state index is 0.230. The second-order valence-electron chi connectivity index (χ2n) is 4.15. The van der Waals surface area contributed by atoms with Crippen LogP contribution in [-0.4, -0.2) is 23.3 Å². The largest absolute Gasteiger partial charge is 0.433 e. The van der Waals surface area contributed by atoms with Gasteiger partial charge in [-0.15, -0.1) is 0 Å². The van der Waals surface area contributed by atoms with Gasteiger partial charge in [-0.25, -0.2) is 5.26 Å². The highest BCUT2D eigenvalue weighted by Crippen LogP contribution is 2.11. The SMILES string of the molecule is CC(=O)CCCCCCCC(OO)OC(C)=O. The molecule has 5 heteroatoms. The lowest BCUT2D eigenvalue weighted by molar-refractivity contribution is -0.337. The van der Waals surface area contributed by atoms with E-state index in [9.17, 15) is 9.59 Å². The second-order valence-corrected chi connectivity index (χ2v) is 4.15. The first-order chi connectivity index (χ1) is 8.06. The Labute approximate surface area is 102 Å². The zero-order chi connectivity index (χ0) is 13.1. The molecule has 0 aliphatic heterocycles. The summed E-state index contributed by atoms with van der Waals surface area (Å²) in [6.07, 6.45) is 5.06. The van der Waals surface area contributed by atoms with Crippen LogP contribution in [0.5, 0.6) is 0 Å². The Morgan fingerprint density at radius 1 is 1.06 bits per heavy atom. The van der Waals surface area contributed by atoms with E-state index in [0.29, 0.717) is 12.8 Å². The van der Waals surface area contributed by atoms with E-state index in [1.807, 2.05) is 0 Å². The average molecular weight is 246 g/mol. The van der Waals surface area contributed by atoms with Crippen LogP contribution in [0.15, 0.2) is 0 Å². The minimum Gasteiger partial charge on any atom is -0.433 e. The van der Waals surface area contributed by atoms with Crippen LogP contribution in [0.2, 0.25) is 0 Å². The van der Waals surface area contributed by atoms with Crippen molar-refractivity contribution in [3.05, 3.63) is 0 Å². The topological polar surface area (TPSA) is 72.8 Å². The van der Waals surface area contributed by atoms with Crippen molar-refractivity contribution in [1.29, 1.82) is 0 Å². The van der Waals surface area contributed by atoms with Crippen molar-refractivity contribution in [3.8, 4) is 0 Å². The average Bonchev–Trinajstić information content (AvgIpc) is 2.25. The van der Waals surface area contributed by atoms with E-state index in [2.05, 4.69) is 4.89 Å². The third kappa shape index (κ3) is 11.3. The summed E-state index contributed by atoms with van der Waals surface area (Å²) in [5, 5.41) is 8.46. The van der Waals surface area contributed by atoms with Crippen LogP contribution in [-0.2, 0) is 19.2 Å². The Bertz CT molecular complexity index is 227. The Morgan fingerprint density at radius 3 is 2.18 bits per heavy atom. The molecule has 0 saturated carbocycles. The van der Waals surface area contributed by atoms with E-state index in [1.54, 1.807) is 6.92 Å². The van der Waals surface area contributed by atoms with Gasteiger partial charge in [-0.1, -0.05) is 19.3 Å². The minimum atomic E-state index is -0.857. The quantitative estimate of drug-likeness (QED) is 0.211. The van der Waals surface area contributed by atoms with Gasteiger partial charge in [-0.3, -0.25) is 4.79 Å². The van der Waals surface area contributed by atoms with Crippen LogP contribution in [0, 0.1) is 0 Å². The van der Waals surface area contributed by atoms with Crippen LogP contribution in [0.4, 0.5) is 0 Å². The Morgan fingerprint density at radius 2 is 1.65 bits per heavy atom. The van der Waals surface area contributed by atoms with Crippen LogP contribution in [0.1, 0.15) is 58.8 Å². The Hall–Kier alpha value is -0.940. The molecule has 0 aromatic carbocycles. The fourth-order valence-corrected chi connectivity index (χ4v) is 1.53. The molecule has 0 rings (SSSR count). The highest BCUT2D eigenvalue weighted by atomic mass is 17.1. The maximum absolute atomic E-state index is 10.7. The van der Waals surface area contributed by atoms with Crippen LogP contribution >= 0.6 is 0 Å². The number of rotatable bonds is 10. The summed E-state index contributed by atoms with van der Waals surface area (Å²) in [6.45, 7) is 2.87. The molecule has 100 valence electrons. The molecule has 0 bridgehead atoms. The molecule has 1 N–H and O–H groups in total. The van der Waals surface area contributed by atoms with Gasteiger partial charge in [0.1, 0.15) is 5.78 Å². The maximum atomic E-state index is 10.7. The van der Waals surface area contributed by atoms with Crippen molar-refractivity contribution in [2.24, 2.45) is 0 Å². The zero-order valence-corrected chi connectivity index (χ0v) is 10.6. The predicted molar refractivity (Wildman–Crippen MR) is 62.3 cm³/mol. The summed E-state index contributed by atoms with van der Waals surface area (Å²) in [7, 11) is 0. The van der Waals surface area contributed by atoms with Crippen molar-refractivity contribution < 1.29 is 24.5 Å². The fourth-order valence-electron chi connectivity index (χ4n) is 1.53. The van der Waals surface area contributed by atoms with Crippen LogP contribution < -0.4 is 0 Å². The normalized spacial score (nSPS) is 12.2. The van der Waals surface area contributed by atoms with Gasteiger partial charge < -0.3 is 9.53 Å². The first-order valence-electron chi connectivity index (χ1n) is 6.03. The lowest BCUT2D eigenvalue weighted by atomic mass is 10.1. The standard InChI is InChI=1S/C12H22O5/c1-10(13)8-6-4-3-5-7-9-12(17-15)16-11(2)14/h12,15H,3-9H2,1-2H3. The first kappa shape index (κ1) is 16.1. The highest BCUT2D eigenvalue weighted by Gasteiger charge is 2.11. The Balaban J connectivity index is 3.36. The molecule has 0 aromatic rings. The molecule has 17 heavy (non-hydrogen) atoms. The molecule has 0 spiro atoms. The molecule has 0 saturated heterocycles. The summed E-state index contributed by atoms with van der Waals surface area (Å²) >= 11 is 0. The summed E-state index contributed by atoms with van der Waals surface area (Å²) in [5.41, 5.74) is 0. The highest BCUT2D eigenvalue weighted by molar-refractivity contribution is 5.75. The number of hydrogen-bond donors (Lipinski definition) is 1. The van der Waals surface area contributed by atoms with Gasteiger partial charge in [0.25, 0.3) is 0 Å². The van der Waals surface area contributed by atoms with E-state index in [1.165, 1.54) is 6.92 Å². The number of hydrogen-bond acceptors (Lipinski definition) is 5. The van der Waals surface area contributed by atoms with Gasteiger partial charge in [0, 0.05) is 19.8 Å². The number of carbonyl (C=O) groups is 2. The van der Waals surface area contributed by atoms with Gasteiger partial charge in [-0.05, 0) is 19.8 Å². The van der Waals surface area contributed by atoms with Crippen molar-refractivity contribution >= 4 is 11.8 Å². The number of ether oxygens (including phenoxy) is 1. The molecule has 0 fully saturated rings. The summed E-state index contributed by atoms with van der Waals surface area (Å²) in [4.78, 5) is 25.3. The molecule has 0 radical (unpaired) electrons. The molecule has 0 heterocycles. The number of carbonyl (C=O) groups excluding carboxylic acids is 2. The lowest BCUT2D eigenvalue weighted by Crippen LogP contribution is -2.18. The molecular weight excluding hydrogens is 224 g/mol. The molecule has 0 aliphatic rings. The van der Waals surface area contributed by atoms with E-state index in [4.69, 9.17) is 9.99 Å². The smallest absolute Gasteiger partial charge is 0.305 e. The fraction of sp³-hybridized carbons (Fsp3) is 0.833. The van der Waals surface area contributed by atoms with Crippen molar-refractivity contribution in [2.45, 2.75) is 65.1 Å². The van der Waals surface area contributed by atoms with Crippen LogP contribution in [0.25, 0.3) is 0 Å². The molecule has 0 amide bonds. The van der Waals surface area contributed by atoms with Gasteiger partial charge >= 0.3 is 5.97 Å².